The van der Waals surface area contributed by atoms with Gasteiger partial charge in [0.25, 0.3) is 0 Å². The summed E-state index contributed by atoms with van der Waals surface area (Å²) in [6, 6.07) is 7.81. The first-order valence-electron chi connectivity index (χ1n) is 8.38. The summed E-state index contributed by atoms with van der Waals surface area (Å²) in [7, 11) is 0. The highest BCUT2D eigenvalue weighted by Crippen LogP contribution is 2.44. The lowest BCUT2D eigenvalue weighted by Gasteiger charge is -2.36. The smallest absolute Gasteiger partial charge is 0.326 e. The molecular weight excluding hydrogens is 330 g/mol. The first kappa shape index (κ1) is 19.3. The molecule has 0 aromatic heterocycles. The van der Waals surface area contributed by atoms with Gasteiger partial charge in [0.1, 0.15) is 6.04 Å². The van der Waals surface area contributed by atoms with Crippen LogP contribution in [0.4, 0.5) is 8.78 Å². The number of carbonyl (C=O) groups excluding carboxylic acids is 1. The lowest BCUT2D eigenvalue weighted by atomic mass is 9.77. The predicted molar refractivity (Wildman–Crippen MR) is 89.1 cm³/mol. The third-order valence-corrected chi connectivity index (χ3v) is 4.73. The van der Waals surface area contributed by atoms with Gasteiger partial charge < -0.3 is 16.2 Å². The fraction of sp³-hybridized carbons (Fsp3) is 0.556. The summed E-state index contributed by atoms with van der Waals surface area (Å²) in [5.74, 6) is -5.37. The van der Waals surface area contributed by atoms with Crippen LogP contribution in [-0.2, 0) is 16.0 Å². The molecule has 0 aliphatic heterocycles. The van der Waals surface area contributed by atoms with Crippen LogP contribution in [0.15, 0.2) is 30.3 Å². The van der Waals surface area contributed by atoms with Gasteiger partial charge in [0, 0.05) is 18.9 Å². The molecule has 7 heteroatoms. The topological polar surface area (TPSA) is 92.4 Å². The van der Waals surface area contributed by atoms with Crippen molar-refractivity contribution in [3.05, 3.63) is 35.9 Å². The quantitative estimate of drug-likeness (QED) is 0.667. The molecule has 1 saturated carbocycles. The molecule has 0 heterocycles. The second-order valence-electron chi connectivity index (χ2n) is 6.91. The number of hydrogen-bond donors (Lipinski definition) is 3. The molecule has 0 spiro atoms. The van der Waals surface area contributed by atoms with Gasteiger partial charge in [-0.2, -0.15) is 0 Å². The number of nitrogens with two attached hydrogens (primary N) is 1. The largest absolute Gasteiger partial charge is 0.480 e. The van der Waals surface area contributed by atoms with E-state index in [0.29, 0.717) is 6.42 Å². The SMILES string of the molecule is CC(C(=O)NC(CC1CC(F)(F)C1)C(=O)O)C(N)Cc1ccccc1. The molecule has 1 aliphatic carbocycles. The van der Waals surface area contributed by atoms with Crippen LogP contribution < -0.4 is 11.1 Å². The zero-order valence-corrected chi connectivity index (χ0v) is 14.1. The zero-order chi connectivity index (χ0) is 18.6. The maximum atomic E-state index is 12.9. The lowest BCUT2D eigenvalue weighted by molar-refractivity contribution is -0.146. The Hall–Kier alpha value is -2.02. The van der Waals surface area contributed by atoms with Crippen molar-refractivity contribution in [2.24, 2.45) is 17.6 Å². The van der Waals surface area contributed by atoms with Crippen molar-refractivity contribution in [2.45, 2.75) is 50.6 Å². The minimum atomic E-state index is -2.71. The van der Waals surface area contributed by atoms with Crippen LogP contribution in [0.1, 0.15) is 31.7 Å². The summed E-state index contributed by atoms with van der Waals surface area (Å²) >= 11 is 0. The normalized spacial score (nSPS) is 20.2. The minimum absolute atomic E-state index is 0.0112. The summed E-state index contributed by atoms with van der Waals surface area (Å²) in [6.45, 7) is 1.64. The van der Waals surface area contributed by atoms with E-state index in [9.17, 15) is 23.5 Å². The molecule has 3 atom stereocenters. The van der Waals surface area contributed by atoms with Gasteiger partial charge in [-0.3, -0.25) is 4.79 Å². The van der Waals surface area contributed by atoms with Crippen LogP contribution in [-0.4, -0.2) is 35.0 Å². The number of hydrogen-bond acceptors (Lipinski definition) is 3. The van der Waals surface area contributed by atoms with Gasteiger partial charge in [0.2, 0.25) is 11.8 Å². The second-order valence-corrected chi connectivity index (χ2v) is 6.91. The van der Waals surface area contributed by atoms with Gasteiger partial charge in [0.15, 0.2) is 0 Å². The van der Waals surface area contributed by atoms with Crippen molar-refractivity contribution in [2.75, 3.05) is 0 Å². The van der Waals surface area contributed by atoms with Crippen molar-refractivity contribution < 1.29 is 23.5 Å². The van der Waals surface area contributed by atoms with Gasteiger partial charge in [0.05, 0.1) is 5.92 Å². The molecule has 0 radical (unpaired) electrons. The highest BCUT2D eigenvalue weighted by Gasteiger charge is 2.46. The van der Waals surface area contributed by atoms with Gasteiger partial charge in [-0.05, 0) is 24.3 Å². The first-order chi connectivity index (χ1) is 11.7. The summed E-state index contributed by atoms with van der Waals surface area (Å²) in [4.78, 5) is 23.6. The first-order valence-corrected chi connectivity index (χ1v) is 8.38. The van der Waals surface area contributed by atoms with Crippen LogP contribution in [0, 0.1) is 11.8 Å². The average Bonchev–Trinajstić information content (AvgIpc) is 2.52. The van der Waals surface area contributed by atoms with E-state index in [-0.39, 0.29) is 25.2 Å². The summed E-state index contributed by atoms with van der Waals surface area (Å²) in [5.41, 5.74) is 7.06. The number of carboxylic acid groups (broad SMARTS) is 1. The van der Waals surface area contributed by atoms with Crippen molar-refractivity contribution >= 4 is 11.9 Å². The van der Waals surface area contributed by atoms with E-state index in [2.05, 4.69) is 5.32 Å². The van der Waals surface area contributed by atoms with Crippen molar-refractivity contribution in [3.63, 3.8) is 0 Å². The van der Waals surface area contributed by atoms with E-state index in [1.807, 2.05) is 30.3 Å². The number of carboxylic acids is 1. The van der Waals surface area contributed by atoms with Crippen LogP contribution in [0.25, 0.3) is 0 Å². The number of rotatable bonds is 8. The molecule has 1 amide bonds. The molecule has 1 aromatic rings. The maximum Gasteiger partial charge on any atom is 0.326 e. The van der Waals surface area contributed by atoms with Crippen LogP contribution >= 0.6 is 0 Å². The Balaban J connectivity index is 1.87. The van der Waals surface area contributed by atoms with E-state index >= 15 is 0 Å². The molecule has 1 fully saturated rings. The van der Waals surface area contributed by atoms with Crippen molar-refractivity contribution in [1.82, 2.24) is 5.32 Å². The lowest BCUT2D eigenvalue weighted by Crippen LogP contribution is -2.50. The predicted octanol–water partition coefficient (Wildman–Crippen LogP) is 2.20. The molecule has 2 rings (SSSR count). The Kier molecular flexibility index (Phi) is 6.11. The van der Waals surface area contributed by atoms with Crippen molar-refractivity contribution in [1.29, 1.82) is 0 Å². The Morgan fingerprint density at radius 2 is 1.92 bits per heavy atom. The van der Waals surface area contributed by atoms with E-state index in [4.69, 9.17) is 5.73 Å². The second kappa shape index (κ2) is 7.91. The molecule has 138 valence electrons. The number of amides is 1. The zero-order valence-electron chi connectivity index (χ0n) is 14.1. The molecule has 3 unspecified atom stereocenters. The highest BCUT2D eigenvalue weighted by atomic mass is 19.3. The standard InChI is InChI=1S/C18H24F2N2O3/c1-11(14(21)7-12-5-3-2-4-6-12)16(23)22-15(17(24)25)8-13-9-18(19,20)10-13/h2-6,11,13-15H,7-10,21H2,1H3,(H,22,23)(H,24,25). The van der Waals surface area contributed by atoms with Crippen LogP contribution in [0.5, 0.6) is 0 Å². The monoisotopic (exact) mass is 354 g/mol. The summed E-state index contributed by atoms with van der Waals surface area (Å²) in [5, 5.41) is 11.7. The molecule has 0 saturated heterocycles. The Labute approximate surface area is 145 Å². The molecule has 25 heavy (non-hydrogen) atoms. The fourth-order valence-corrected chi connectivity index (χ4v) is 3.07. The summed E-state index contributed by atoms with van der Waals surface area (Å²) < 4.78 is 25.8. The van der Waals surface area contributed by atoms with Gasteiger partial charge in [-0.15, -0.1) is 0 Å². The molecule has 4 N–H and O–H groups in total. The van der Waals surface area contributed by atoms with Gasteiger partial charge in [-0.1, -0.05) is 37.3 Å². The summed E-state index contributed by atoms with van der Waals surface area (Å²) in [6.07, 6.45) is -0.148. The molecule has 5 nitrogen and oxygen atoms in total. The van der Waals surface area contributed by atoms with Gasteiger partial charge in [-0.25, -0.2) is 13.6 Å². The Morgan fingerprint density at radius 1 is 1.32 bits per heavy atom. The maximum absolute atomic E-state index is 12.9. The van der Waals surface area contributed by atoms with Crippen LogP contribution in [0.2, 0.25) is 0 Å². The number of aliphatic carboxylic acids is 1. The Morgan fingerprint density at radius 3 is 2.44 bits per heavy atom. The number of carbonyl (C=O) groups is 2. The number of halogens is 2. The average molecular weight is 354 g/mol. The van der Waals surface area contributed by atoms with Crippen molar-refractivity contribution in [3.8, 4) is 0 Å². The number of nitrogens with one attached hydrogen (secondary N) is 1. The number of benzene rings is 1. The minimum Gasteiger partial charge on any atom is -0.480 e. The molecular formula is C18H24F2N2O3. The van der Waals surface area contributed by atoms with Gasteiger partial charge >= 0.3 is 5.97 Å². The molecule has 1 aromatic carbocycles. The number of alkyl halides is 2. The third-order valence-electron chi connectivity index (χ3n) is 4.73. The molecule has 1 aliphatic rings. The van der Waals surface area contributed by atoms with E-state index in [1.54, 1.807) is 6.92 Å². The molecule has 0 bridgehead atoms. The van der Waals surface area contributed by atoms with E-state index in [1.165, 1.54) is 0 Å². The third kappa shape index (κ3) is 5.49. The fourth-order valence-electron chi connectivity index (χ4n) is 3.07. The Bertz CT molecular complexity index is 602. The van der Waals surface area contributed by atoms with Crippen LogP contribution in [0.3, 0.4) is 0 Å². The van der Waals surface area contributed by atoms with E-state index in [0.717, 1.165) is 5.56 Å². The highest BCUT2D eigenvalue weighted by molar-refractivity contribution is 5.85. The van der Waals surface area contributed by atoms with E-state index < -0.39 is 35.8 Å².